The number of hydrogen-bond donors (Lipinski definition) is 1. The number of amides is 1. The molecular formula is C10H19ClN2O4. The number of halogens is 1. The Morgan fingerprint density at radius 3 is 2.59 bits per heavy atom. The number of rotatable bonds is 5. The van der Waals surface area contributed by atoms with Gasteiger partial charge in [0.15, 0.2) is 0 Å². The van der Waals surface area contributed by atoms with Crippen LogP contribution in [0.4, 0.5) is 4.79 Å². The van der Waals surface area contributed by atoms with Crippen LogP contribution in [0.15, 0.2) is 0 Å². The van der Waals surface area contributed by atoms with Crippen molar-refractivity contribution in [3.8, 4) is 0 Å². The zero-order valence-corrected chi connectivity index (χ0v) is 10.7. The van der Waals surface area contributed by atoms with Crippen molar-refractivity contribution in [2.45, 2.75) is 13.0 Å². The van der Waals surface area contributed by atoms with Crippen LogP contribution in [0, 0.1) is 0 Å². The van der Waals surface area contributed by atoms with Crippen molar-refractivity contribution < 1.29 is 19.5 Å². The highest BCUT2D eigenvalue weighted by Gasteiger charge is 2.22. The molecular weight excluding hydrogens is 248 g/mol. The standard InChI is InChI=1S/C10H19ClN2O4/c1-2-16-10(15)12-3-5-13(6-4-12)17-8-9(14)7-11/h9,14H,2-8H2,1H3. The molecule has 0 radical (unpaired) electrons. The van der Waals surface area contributed by atoms with Crippen LogP contribution in [0.25, 0.3) is 0 Å². The lowest BCUT2D eigenvalue weighted by Gasteiger charge is -2.33. The SMILES string of the molecule is CCOC(=O)N1CCN(OCC(O)CCl)CC1. The maximum Gasteiger partial charge on any atom is 0.409 e. The van der Waals surface area contributed by atoms with E-state index in [0.717, 1.165) is 0 Å². The summed E-state index contributed by atoms with van der Waals surface area (Å²) in [4.78, 5) is 18.4. The first-order valence-corrected chi connectivity index (χ1v) is 6.24. The van der Waals surface area contributed by atoms with Gasteiger partial charge in [0.25, 0.3) is 0 Å². The summed E-state index contributed by atoms with van der Waals surface area (Å²) in [6, 6.07) is 0. The lowest BCUT2D eigenvalue weighted by Crippen LogP contribution is -2.49. The molecule has 100 valence electrons. The van der Waals surface area contributed by atoms with Gasteiger partial charge >= 0.3 is 6.09 Å². The van der Waals surface area contributed by atoms with Gasteiger partial charge in [-0.3, -0.25) is 4.84 Å². The Hall–Kier alpha value is -0.560. The zero-order valence-electron chi connectivity index (χ0n) is 9.97. The fourth-order valence-electron chi connectivity index (χ4n) is 1.45. The van der Waals surface area contributed by atoms with E-state index in [0.29, 0.717) is 32.8 Å². The van der Waals surface area contributed by atoms with Crippen molar-refractivity contribution in [1.29, 1.82) is 0 Å². The first-order chi connectivity index (χ1) is 8.17. The molecule has 1 fully saturated rings. The predicted octanol–water partition coefficient (Wildman–Crippen LogP) is 0.292. The highest BCUT2D eigenvalue weighted by Crippen LogP contribution is 2.05. The molecule has 1 amide bonds. The van der Waals surface area contributed by atoms with Gasteiger partial charge in [-0.1, -0.05) is 0 Å². The molecule has 1 unspecified atom stereocenters. The van der Waals surface area contributed by atoms with Crippen molar-refractivity contribution in [2.75, 3.05) is 45.3 Å². The van der Waals surface area contributed by atoms with Crippen molar-refractivity contribution in [3.63, 3.8) is 0 Å². The first-order valence-electron chi connectivity index (χ1n) is 5.71. The van der Waals surface area contributed by atoms with Crippen LogP contribution in [0.3, 0.4) is 0 Å². The Morgan fingerprint density at radius 2 is 2.06 bits per heavy atom. The maximum absolute atomic E-state index is 11.4. The Morgan fingerprint density at radius 1 is 1.41 bits per heavy atom. The quantitative estimate of drug-likeness (QED) is 0.725. The van der Waals surface area contributed by atoms with Crippen molar-refractivity contribution in [2.24, 2.45) is 0 Å². The number of carbonyl (C=O) groups excluding carboxylic acids is 1. The average Bonchev–Trinajstić information content (AvgIpc) is 2.36. The normalized spacial score (nSPS) is 19.1. The lowest BCUT2D eigenvalue weighted by molar-refractivity contribution is -0.189. The van der Waals surface area contributed by atoms with Gasteiger partial charge < -0.3 is 14.7 Å². The topological polar surface area (TPSA) is 62.2 Å². The number of aliphatic hydroxyl groups is 1. The molecule has 0 aliphatic carbocycles. The van der Waals surface area contributed by atoms with E-state index in [4.69, 9.17) is 21.2 Å². The number of ether oxygens (including phenoxy) is 1. The molecule has 7 heteroatoms. The molecule has 1 aliphatic heterocycles. The fraction of sp³-hybridized carbons (Fsp3) is 0.900. The molecule has 1 rings (SSSR count). The maximum atomic E-state index is 11.4. The fourth-order valence-corrected chi connectivity index (χ4v) is 1.54. The summed E-state index contributed by atoms with van der Waals surface area (Å²) in [5.74, 6) is 0.156. The van der Waals surface area contributed by atoms with Crippen molar-refractivity contribution in [3.05, 3.63) is 0 Å². The van der Waals surface area contributed by atoms with Crippen molar-refractivity contribution in [1.82, 2.24) is 9.96 Å². The molecule has 0 saturated carbocycles. The van der Waals surface area contributed by atoms with Gasteiger partial charge in [0.2, 0.25) is 0 Å². The van der Waals surface area contributed by atoms with Crippen LogP contribution in [-0.4, -0.2) is 72.5 Å². The molecule has 1 heterocycles. The number of nitrogens with zero attached hydrogens (tertiary/aromatic N) is 2. The largest absolute Gasteiger partial charge is 0.450 e. The van der Waals surface area contributed by atoms with Crippen LogP contribution >= 0.6 is 11.6 Å². The zero-order chi connectivity index (χ0) is 12.7. The summed E-state index contributed by atoms with van der Waals surface area (Å²) >= 11 is 5.45. The third kappa shape index (κ3) is 5.08. The highest BCUT2D eigenvalue weighted by molar-refractivity contribution is 6.18. The Balaban J connectivity index is 2.19. The van der Waals surface area contributed by atoms with Gasteiger partial charge in [-0.05, 0) is 6.92 Å². The molecule has 0 spiro atoms. The summed E-state index contributed by atoms with van der Waals surface area (Å²) in [5.41, 5.74) is 0. The number of carbonyl (C=O) groups is 1. The smallest absolute Gasteiger partial charge is 0.409 e. The minimum Gasteiger partial charge on any atom is -0.450 e. The predicted molar refractivity (Wildman–Crippen MR) is 62.8 cm³/mol. The summed E-state index contributed by atoms with van der Waals surface area (Å²) in [7, 11) is 0. The van der Waals surface area contributed by atoms with Gasteiger partial charge in [0, 0.05) is 26.2 Å². The second kappa shape index (κ2) is 7.71. The van der Waals surface area contributed by atoms with Gasteiger partial charge in [-0.2, -0.15) is 5.06 Å². The number of aliphatic hydroxyl groups excluding tert-OH is 1. The minimum atomic E-state index is -0.653. The van der Waals surface area contributed by atoms with Crippen LogP contribution < -0.4 is 0 Å². The molecule has 1 aliphatic rings. The van der Waals surface area contributed by atoms with Crippen molar-refractivity contribution >= 4 is 17.7 Å². The van der Waals surface area contributed by atoms with E-state index in [1.807, 2.05) is 0 Å². The molecule has 0 bridgehead atoms. The Kier molecular flexibility index (Phi) is 6.57. The van der Waals surface area contributed by atoms with Gasteiger partial charge in [-0.15, -0.1) is 11.6 Å². The summed E-state index contributed by atoms with van der Waals surface area (Å²) in [5, 5.41) is 11.0. The molecule has 1 N–H and O–H groups in total. The van der Waals surface area contributed by atoms with Gasteiger partial charge in [-0.25, -0.2) is 4.79 Å². The first kappa shape index (κ1) is 14.5. The number of piperazine rings is 1. The summed E-state index contributed by atoms with van der Waals surface area (Å²) in [6.07, 6.45) is -0.937. The van der Waals surface area contributed by atoms with Crippen LogP contribution in [-0.2, 0) is 9.57 Å². The molecule has 0 aromatic carbocycles. The van der Waals surface area contributed by atoms with E-state index in [1.54, 1.807) is 16.9 Å². The Labute approximate surface area is 106 Å². The molecule has 1 saturated heterocycles. The second-order valence-electron chi connectivity index (χ2n) is 3.72. The van der Waals surface area contributed by atoms with E-state index in [2.05, 4.69) is 0 Å². The summed E-state index contributed by atoms with van der Waals surface area (Å²) in [6.45, 7) is 4.69. The van der Waals surface area contributed by atoms with Crippen LogP contribution in [0.5, 0.6) is 0 Å². The summed E-state index contributed by atoms with van der Waals surface area (Å²) < 4.78 is 4.90. The third-order valence-corrected chi connectivity index (χ3v) is 2.75. The number of alkyl halides is 1. The highest BCUT2D eigenvalue weighted by atomic mass is 35.5. The van der Waals surface area contributed by atoms with E-state index in [-0.39, 0.29) is 18.6 Å². The monoisotopic (exact) mass is 266 g/mol. The molecule has 17 heavy (non-hydrogen) atoms. The third-order valence-electron chi connectivity index (χ3n) is 2.39. The molecule has 0 aromatic rings. The molecule has 6 nitrogen and oxygen atoms in total. The minimum absolute atomic E-state index is 0.156. The van der Waals surface area contributed by atoms with Crippen LogP contribution in [0.2, 0.25) is 0 Å². The van der Waals surface area contributed by atoms with E-state index in [9.17, 15) is 9.90 Å². The number of hydroxylamine groups is 2. The second-order valence-corrected chi connectivity index (χ2v) is 4.03. The average molecular weight is 267 g/mol. The van der Waals surface area contributed by atoms with Crippen LogP contribution in [0.1, 0.15) is 6.92 Å². The molecule has 0 aromatic heterocycles. The lowest BCUT2D eigenvalue weighted by atomic mass is 10.4. The number of hydrogen-bond acceptors (Lipinski definition) is 5. The van der Waals surface area contributed by atoms with E-state index in [1.165, 1.54) is 0 Å². The van der Waals surface area contributed by atoms with E-state index >= 15 is 0 Å². The van der Waals surface area contributed by atoms with E-state index < -0.39 is 6.10 Å². The Bertz CT molecular complexity index is 234. The van der Waals surface area contributed by atoms with Gasteiger partial charge in [0.1, 0.15) is 0 Å². The van der Waals surface area contributed by atoms with Gasteiger partial charge in [0.05, 0.1) is 25.2 Å². The molecule has 1 atom stereocenters.